The van der Waals surface area contributed by atoms with Crippen LogP contribution in [0.2, 0.25) is 0 Å². The fourth-order valence-corrected chi connectivity index (χ4v) is 5.14. The summed E-state index contributed by atoms with van der Waals surface area (Å²) in [6.45, 7) is 3.11. The Labute approximate surface area is 183 Å². The Hall–Kier alpha value is -3.02. The van der Waals surface area contributed by atoms with E-state index in [0.29, 0.717) is 26.1 Å². The van der Waals surface area contributed by atoms with Gasteiger partial charge in [-0.3, -0.25) is 9.59 Å². The Kier molecular flexibility index (Phi) is 5.65. The topological polar surface area (TPSA) is 67.9 Å². The summed E-state index contributed by atoms with van der Waals surface area (Å²) in [5.41, 5.74) is 0.401. The summed E-state index contributed by atoms with van der Waals surface area (Å²) >= 11 is 0. The highest BCUT2D eigenvalue weighted by Gasteiger charge is 2.60. The van der Waals surface area contributed by atoms with Crippen LogP contribution in [0.25, 0.3) is 0 Å². The molecule has 2 fully saturated rings. The Morgan fingerprint density at radius 3 is 2.16 bits per heavy atom. The third-order valence-corrected chi connectivity index (χ3v) is 6.96. The highest BCUT2D eigenvalue weighted by Crippen LogP contribution is 2.49. The molecular weight excluding hydrogens is 392 g/mol. The van der Waals surface area contributed by atoms with Crippen molar-refractivity contribution in [2.24, 2.45) is 10.8 Å². The predicted octanol–water partition coefficient (Wildman–Crippen LogP) is 3.95. The zero-order chi connectivity index (χ0) is 22.1. The molecule has 1 N–H and O–H groups in total. The molecule has 2 aromatic rings. The van der Waals surface area contributed by atoms with E-state index in [0.717, 1.165) is 35.7 Å². The zero-order valence-electron chi connectivity index (χ0n) is 18.4. The number of hydrogen-bond acceptors (Lipinski definition) is 6. The number of ether oxygens (including phenoxy) is 2. The van der Waals surface area contributed by atoms with Crippen LogP contribution in [0, 0.1) is 10.8 Å². The Balaban J connectivity index is 1.64. The van der Waals surface area contributed by atoms with Crippen molar-refractivity contribution in [1.29, 1.82) is 0 Å². The molecule has 1 heterocycles. The van der Waals surface area contributed by atoms with E-state index in [2.05, 4.69) is 10.2 Å². The molecule has 0 amide bonds. The number of rotatable bonds is 7. The summed E-state index contributed by atoms with van der Waals surface area (Å²) in [4.78, 5) is 28.8. The average molecular weight is 423 g/mol. The van der Waals surface area contributed by atoms with Gasteiger partial charge in [0.2, 0.25) is 0 Å². The van der Waals surface area contributed by atoms with E-state index in [1.54, 1.807) is 21.1 Å². The maximum Gasteiger partial charge on any atom is 0.157 e. The minimum atomic E-state index is -0.933. The molecule has 1 aliphatic carbocycles. The van der Waals surface area contributed by atoms with Gasteiger partial charge in [0.25, 0.3) is 0 Å². The molecule has 2 bridgehead atoms. The van der Waals surface area contributed by atoms with Crippen LogP contribution >= 0.6 is 0 Å². The van der Waals surface area contributed by atoms with Crippen molar-refractivity contribution in [3.63, 3.8) is 0 Å². The number of benzene rings is 2. The molecule has 2 aromatic carbocycles. The molecule has 2 atom stereocenters. The van der Waals surface area contributed by atoms with Crippen molar-refractivity contribution in [3.8, 4) is 11.5 Å². The molecule has 0 unspecified atom stereocenters. The molecule has 0 radical (unpaired) electrons. The van der Waals surface area contributed by atoms with Crippen molar-refractivity contribution in [3.05, 3.63) is 48.5 Å². The Bertz CT molecular complexity index is 956. The average Bonchev–Trinajstić information content (AvgIpc) is 2.79. The molecular formula is C25H30N2O4. The summed E-state index contributed by atoms with van der Waals surface area (Å²) in [6.07, 6.45) is 2.28. The number of Topliss-reactive ketones (excluding diaryl/α,β-unsaturated/α-hetero) is 2. The highest BCUT2D eigenvalue weighted by atomic mass is 16.5. The monoisotopic (exact) mass is 422 g/mol. The van der Waals surface area contributed by atoms with Gasteiger partial charge < -0.3 is 19.7 Å². The fourth-order valence-electron chi connectivity index (χ4n) is 5.14. The van der Waals surface area contributed by atoms with E-state index in [4.69, 9.17) is 9.47 Å². The number of fused-ring (bicyclic) bond motifs is 2. The summed E-state index contributed by atoms with van der Waals surface area (Å²) in [5.74, 6) is 1.65. The van der Waals surface area contributed by atoms with Crippen LogP contribution in [0.1, 0.15) is 26.2 Å². The molecule has 31 heavy (non-hydrogen) atoms. The van der Waals surface area contributed by atoms with Crippen LogP contribution in [0.15, 0.2) is 48.5 Å². The quantitative estimate of drug-likeness (QED) is 0.682. The van der Waals surface area contributed by atoms with E-state index >= 15 is 0 Å². The van der Waals surface area contributed by atoms with Gasteiger partial charge in [-0.05, 0) is 68.3 Å². The van der Waals surface area contributed by atoms with E-state index in [1.807, 2.05) is 48.5 Å². The molecule has 6 heteroatoms. The third kappa shape index (κ3) is 3.75. The van der Waals surface area contributed by atoms with Crippen molar-refractivity contribution in [1.82, 2.24) is 0 Å². The van der Waals surface area contributed by atoms with Crippen LogP contribution in [0.3, 0.4) is 0 Å². The maximum absolute atomic E-state index is 13.8. The summed E-state index contributed by atoms with van der Waals surface area (Å²) in [6, 6.07) is 15.5. The molecule has 1 saturated heterocycles. The minimum absolute atomic E-state index is 0.0239. The van der Waals surface area contributed by atoms with Crippen molar-refractivity contribution in [2.45, 2.75) is 26.2 Å². The number of nitrogens with zero attached hydrogens (tertiary/aromatic N) is 1. The second-order valence-electron chi connectivity index (χ2n) is 8.74. The summed E-state index contributed by atoms with van der Waals surface area (Å²) in [7, 11) is 3.28. The molecule has 4 rings (SSSR count). The molecule has 164 valence electrons. The second kappa shape index (κ2) is 8.25. The van der Waals surface area contributed by atoms with Gasteiger partial charge in [-0.25, -0.2) is 0 Å². The number of methoxy groups -OCH3 is 2. The van der Waals surface area contributed by atoms with Crippen LogP contribution < -0.4 is 19.7 Å². The molecule has 0 aromatic heterocycles. The maximum atomic E-state index is 13.8. The Morgan fingerprint density at radius 1 is 0.968 bits per heavy atom. The van der Waals surface area contributed by atoms with E-state index < -0.39 is 10.8 Å². The van der Waals surface area contributed by atoms with Crippen LogP contribution in [-0.2, 0) is 9.59 Å². The number of hydrogen-bond donors (Lipinski definition) is 1. The zero-order valence-corrected chi connectivity index (χ0v) is 18.4. The SMILES string of the molecule is COc1ccc(NC[C@]23CCC[C@](C(C)=O)(CN(c4ccc(OC)cc4)C2)C3=O)cc1. The normalized spacial score (nSPS) is 25.1. The summed E-state index contributed by atoms with van der Waals surface area (Å²) < 4.78 is 10.5. The standard InChI is InChI=1S/C25H30N2O4/c1-18(28)25-14-4-13-24(23(25)29,15-26-19-5-9-21(30-2)10-6-19)16-27(17-25)20-7-11-22(31-3)12-8-20/h5-12,26H,4,13-17H2,1-3H3/t24-,25-/m1/s1. The largest absolute Gasteiger partial charge is 0.497 e. The molecule has 2 aliphatic rings. The third-order valence-electron chi connectivity index (χ3n) is 6.96. The first-order valence-electron chi connectivity index (χ1n) is 10.8. The van der Waals surface area contributed by atoms with Gasteiger partial charge in [-0.1, -0.05) is 6.42 Å². The van der Waals surface area contributed by atoms with Gasteiger partial charge in [0.1, 0.15) is 22.7 Å². The van der Waals surface area contributed by atoms with Gasteiger partial charge in [0.15, 0.2) is 5.78 Å². The first-order valence-corrected chi connectivity index (χ1v) is 10.8. The van der Waals surface area contributed by atoms with Crippen LogP contribution in [0.4, 0.5) is 11.4 Å². The lowest BCUT2D eigenvalue weighted by Crippen LogP contribution is -2.66. The molecule has 1 saturated carbocycles. The highest BCUT2D eigenvalue weighted by molar-refractivity contribution is 6.11. The van der Waals surface area contributed by atoms with Crippen molar-refractivity contribution < 1.29 is 19.1 Å². The molecule has 0 spiro atoms. The van der Waals surface area contributed by atoms with Crippen LogP contribution in [-0.4, -0.2) is 45.4 Å². The van der Waals surface area contributed by atoms with E-state index in [-0.39, 0.29) is 11.6 Å². The smallest absolute Gasteiger partial charge is 0.157 e. The number of carbonyl (C=O) groups is 2. The van der Waals surface area contributed by atoms with Gasteiger partial charge >= 0.3 is 0 Å². The van der Waals surface area contributed by atoms with Crippen molar-refractivity contribution >= 4 is 22.9 Å². The molecule has 1 aliphatic heterocycles. The minimum Gasteiger partial charge on any atom is -0.497 e. The first kappa shape index (κ1) is 21.2. The van der Waals surface area contributed by atoms with E-state index in [1.165, 1.54) is 0 Å². The first-order chi connectivity index (χ1) is 14.9. The van der Waals surface area contributed by atoms with Gasteiger partial charge in [-0.15, -0.1) is 0 Å². The number of piperidine rings is 1. The molecule has 6 nitrogen and oxygen atoms in total. The lowest BCUT2D eigenvalue weighted by molar-refractivity contribution is -0.152. The van der Waals surface area contributed by atoms with E-state index in [9.17, 15) is 9.59 Å². The number of carbonyl (C=O) groups excluding carboxylic acids is 2. The van der Waals surface area contributed by atoms with Crippen LogP contribution in [0.5, 0.6) is 11.5 Å². The van der Waals surface area contributed by atoms with Gasteiger partial charge in [0.05, 0.1) is 19.6 Å². The fraction of sp³-hybridized carbons (Fsp3) is 0.440. The number of nitrogens with one attached hydrogen (secondary N) is 1. The number of ketones is 2. The summed E-state index contributed by atoms with van der Waals surface area (Å²) in [5, 5.41) is 3.45. The van der Waals surface area contributed by atoms with Crippen molar-refractivity contribution in [2.75, 3.05) is 44.1 Å². The second-order valence-corrected chi connectivity index (χ2v) is 8.74. The lowest BCUT2D eigenvalue weighted by Gasteiger charge is -2.54. The van der Waals surface area contributed by atoms with Gasteiger partial charge in [0, 0.05) is 31.0 Å². The lowest BCUT2D eigenvalue weighted by atomic mass is 9.56. The number of anilines is 2. The Morgan fingerprint density at radius 2 is 1.58 bits per heavy atom. The van der Waals surface area contributed by atoms with Gasteiger partial charge in [-0.2, -0.15) is 0 Å². The predicted molar refractivity (Wildman–Crippen MR) is 121 cm³/mol.